The Labute approximate surface area is 198 Å². The lowest BCUT2D eigenvalue weighted by molar-refractivity contribution is -0.212. The van der Waals surface area contributed by atoms with Crippen molar-refractivity contribution in [2.24, 2.45) is 11.3 Å². The van der Waals surface area contributed by atoms with E-state index in [4.69, 9.17) is 18.9 Å². The molecule has 0 unspecified atom stereocenters. The van der Waals surface area contributed by atoms with Crippen molar-refractivity contribution < 1.29 is 33.3 Å². The van der Waals surface area contributed by atoms with Crippen LogP contribution in [0.15, 0.2) is 18.2 Å². The molecule has 1 aromatic carbocycles. The van der Waals surface area contributed by atoms with Gasteiger partial charge in [0.2, 0.25) is 11.5 Å². The molecule has 4 saturated heterocycles. The zero-order valence-electron chi connectivity index (χ0n) is 20.2. The molecule has 2 spiro atoms. The first-order chi connectivity index (χ1) is 16.3. The Morgan fingerprint density at radius 3 is 2.59 bits per heavy atom. The van der Waals surface area contributed by atoms with E-state index < -0.39 is 46.1 Å². The molecule has 182 valence electrons. The van der Waals surface area contributed by atoms with Gasteiger partial charge in [0, 0.05) is 37.2 Å². The van der Waals surface area contributed by atoms with Gasteiger partial charge in [0.25, 0.3) is 0 Å². The van der Waals surface area contributed by atoms with Crippen molar-refractivity contribution in [2.45, 2.75) is 55.4 Å². The smallest absolute Gasteiger partial charge is 0.341 e. The molecule has 2 bridgehead atoms. The Hall–Kier alpha value is -2.81. The second kappa shape index (κ2) is 6.44. The molecule has 5 aliphatic heterocycles. The van der Waals surface area contributed by atoms with Crippen LogP contribution in [0.3, 0.4) is 0 Å². The van der Waals surface area contributed by atoms with Gasteiger partial charge in [0.05, 0.1) is 32.8 Å². The maximum Gasteiger partial charge on any atom is 0.341 e. The van der Waals surface area contributed by atoms with E-state index in [0.29, 0.717) is 38.0 Å². The van der Waals surface area contributed by atoms with Crippen LogP contribution in [-0.2, 0) is 34.0 Å². The van der Waals surface area contributed by atoms with Crippen LogP contribution in [0.1, 0.15) is 38.2 Å². The second-order valence-electron chi connectivity index (χ2n) is 10.2. The number of hydrogen-bond acceptors (Lipinski definition) is 8. The summed E-state index contributed by atoms with van der Waals surface area (Å²) in [7, 11) is 6.19. The first-order valence-corrected chi connectivity index (χ1v) is 11.9. The Bertz CT molecular complexity index is 1140. The number of amides is 1. The molecule has 0 aliphatic carbocycles. The molecule has 5 aliphatic rings. The lowest BCUT2D eigenvalue weighted by atomic mass is 9.45. The number of benzene rings is 1. The van der Waals surface area contributed by atoms with E-state index in [1.807, 2.05) is 42.0 Å². The summed E-state index contributed by atoms with van der Waals surface area (Å²) in [5.41, 5.74) is -2.34. The van der Waals surface area contributed by atoms with E-state index in [9.17, 15) is 14.4 Å². The molecule has 0 aromatic heterocycles. The lowest BCUT2D eigenvalue weighted by Gasteiger charge is -2.59. The molecule has 4 fully saturated rings. The number of hydrogen-bond donors (Lipinski definition) is 0. The van der Waals surface area contributed by atoms with Crippen LogP contribution >= 0.6 is 0 Å². The van der Waals surface area contributed by atoms with Gasteiger partial charge in [-0.2, -0.15) is 0 Å². The van der Waals surface area contributed by atoms with Gasteiger partial charge >= 0.3 is 11.9 Å². The molecule has 1 amide bonds. The first-order valence-electron chi connectivity index (χ1n) is 11.9. The summed E-state index contributed by atoms with van der Waals surface area (Å²) in [5, 5.41) is 0. The predicted octanol–water partition coefficient (Wildman–Crippen LogP) is 1.61. The monoisotopic (exact) mass is 470 g/mol. The van der Waals surface area contributed by atoms with Crippen LogP contribution in [0.25, 0.3) is 0 Å². The summed E-state index contributed by atoms with van der Waals surface area (Å²) in [6.45, 7) is 2.52. The molecule has 1 aromatic rings. The van der Waals surface area contributed by atoms with E-state index in [1.54, 1.807) is 7.11 Å². The topological polar surface area (TPSA) is 94.6 Å². The number of nitrogens with zero attached hydrogens (tertiary/aromatic N) is 2. The molecule has 0 radical (unpaired) electrons. The minimum Gasteiger partial charge on any atom is -0.497 e. The van der Waals surface area contributed by atoms with Crippen LogP contribution in [0.2, 0.25) is 0 Å². The van der Waals surface area contributed by atoms with Crippen molar-refractivity contribution in [1.82, 2.24) is 4.90 Å². The number of ether oxygens (including phenoxy) is 4. The minimum absolute atomic E-state index is 0.00417. The van der Waals surface area contributed by atoms with Gasteiger partial charge < -0.3 is 28.7 Å². The number of anilines is 1. The number of piperidine rings is 1. The first kappa shape index (κ1) is 21.7. The number of methoxy groups -OCH3 is 3. The van der Waals surface area contributed by atoms with Crippen molar-refractivity contribution >= 4 is 23.5 Å². The van der Waals surface area contributed by atoms with E-state index in [2.05, 4.69) is 0 Å². The third kappa shape index (κ3) is 1.81. The summed E-state index contributed by atoms with van der Waals surface area (Å²) in [6.07, 6.45) is 1.93. The molecule has 9 nitrogen and oxygen atoms in total. The van der Waals surface area contributed by atoms with Gasteiger partial charge in [-0.15, -0.1) is 0 Å². The largest absolute Gasteiger partial charge is 0.497 e. The van der Waals surface area contributed by atoms with Crippen LogP contribution in [-0.4, -0.2) is 75.0 Å². The Morgan fingerprint density at radius 1 is 1.18 bits per heavy atom. The number of likely N-dealkylation sites (N-methyl/N-ethyl adjacent to an activating group) is 1. The molecule has 9 heteroatoms. The molecule has 0 saturated carbocycles. The summed E-state index contributed by atoms with van der Waals surface area (Å²) >= 11 is 0. The maximum absolute atomic E-state index is 13.8. The SMILES string of the molecule is CC[C@]12CCC(=O)N3CC[C@@]45c6ccc(OC)cc6N(C)[C@@H]4[C@@](C(=O)OC)(O[C@]315)[C@H]2C(=O)OC. The Balaban J connectivity index is 1.75. The van der Waals surface area contributed by atoms with Gasteiger partial charge in [-0.1, -0.05) is 13.0 Å². The third-order valence-corrected chi connectivity index (χ3v) is 9.67. The molecule has 6 rings (SSSR count). The van der Waals surface area contributed by atoms with Gasteiger partial charge in [0.15, 0.2) is 5.72 Å². The molecule has 5 heterocycles. The van der Waals surface area contributed by atoms with E-state index >= 15 is 0 Å². The second-order valence-corrected chi connectivity index (χ2v) is 10.2. The van der Waals surface area contributed by atoms with E-state index in [1.165, 1.54) is 14.2 Å². The number of fused-ring (bicyclic) bond motifs is 3. The Morgan fingerprint density at radius 2 is 1.94 bits per heavy atom. The quantitative estimate of drug-likeness (QED) is 0.613. The Kier molecular flexibility index (Phi) is 4.11. The van der Waals surface area contributed by atoms with Crippen LogP contribution < -0.4 is 9.64 Å². The van der Waals surface area contributed by atoms with Crippen LogP contribution in [0.4, 0.5) is 5.69 Å². The van der Waals surface area contributed by atoms with Crippen molar-refractivity contribution in [3.63, 3.8) is 0 Å². The van der Waals surface area contributed by atoms with Crippen LogP contribution in [0, 0.1) is 11.3 Å². The fraction of sp³-hybridized carbons (Fsp3) is 0.640. The van der Waals surface area contributed by atoms with E-state index in [0.717, 1.165) is 11.3 Å². The van der Waals surface area contributed by atoms with Gasteiger partial charge in [0.1, 0.15) is 11.7 Å². The molecular formula is C25H30N2O7. The predicted molar refractivity (Wildman–Crippen MR) is 119 cm³/mol. The maximum atomic E-state index is 13.8. The highest BCUT2D eigenvalue weighted by atomic mass is 16.6. The number of carbonyl (C=O) groups excluding carboxylic acids is 3. The van der Waals surface area contributed by atoms with E-state index in [-0.39, 0.29) is 5.91 Å². The van der Waals surface area contributed by atoms with Gasteiger partial charge in [-0.05, 0) is 30.9 Å². The molecule has 6 atom stereocenters. The highest BCUT2D eigenvalue weighted by molar-refractivity contribution is 5.96. The summed E-state index contributed by atoms with van der Waals surface area (Å²) in [5.74, 6) is -1.32. The van der Waals surface area contributed by atoms with Crippen molar-refractivity contribution in [3.05, 3.63) is 23.8 Å². The zero-order valence-corrected chi connectivity index (χ0v) is 20.2. The summed E-state index contributed by atoms with van der Waals surface area (Å²) in [6, 6.07) is 5.35. The number of rotatable bonds is 4. The normalized spacial score (nSPS) is 40.7. The van der Waals surface area contributed by atoms with Gasteiger partial charge in [-0.3, -0.25) is 9.59 Å². The molecule has 0 N–H and O–H groups in total. The minimum atomic E-state index is -1.62. The molecule has 34 heavy (non-hydrogen) atoms. The number of esters is 2. The lowest BCUT2D eigenvalue weighted by Crippen LogP contribution is -2.75. The molecular weight excluding hydrogens is 440 g/mol. The summed E-state index contributed by atoms with van der Waals surface area (Å²) < 4.78 is 23.2. The highest BCUT2D eigenvalue weighted by Gasteiger charge is 2.96. The van der Waals surface area contributed by atoms with Crippen molar-refractivity contribution in [2.75, 3.05) is 39.8 Å². The zero-order chi connectivity index (χ0) is 24.3. The average molecular weight is 471 g/mol. The summed E-state index contributed by atoms with van der Waals surface area (Å²) in [4.78, 5) is 44.6. The van der Waals surface area contributed by atoms with Crippen LogP contribution in [0.5, 0.6) is 5.75 Å². The fourth-order valence-corrected chi connectivity index (χ4v) is 8.81. The van der Waals surface area contributed by atoms with Crippen molar-refractivity contribution in [1.29, 1.82) is 0 Å². The highest BCUT2D eigenvalue weighted by Crippen LogP contribution is 2.81. The average Bonchev–Trinajstić information content (AvgIpc) is 3.50. The van der Waals surface area contributed by atoms with Crippen molar-refractivity contribution in [3.8, 4) is 5.75 Å². The van der Waals surface area contributed by atoms with Gasteiger partial charge in [-0.25, -0.2) is 4.79 Å². The standard InChI is InChI=1S/C25H30N2O7/c1-6-22-10-9-17(28)27-12-11-23-15-8-7-14(31-3)13-16(15)26(2)20(23)24(21(30)33-5,34-25(22,23)27)18(22)19(29)32-4/h7-8,13,18,20H,6,9-12H2,1-5H3/t18-,20-,22+,23+,24-,25+/m0/s1. The fourth-order valence-electron chi connectivity index (χ4n) is 8.81. The number of carbonyl (C=O) groups is 3. The third-order valence-electron chi connectivity index (χ3n) is 9.67.